The standard InChI is InChI=1S/C9H8N4O2/c1-4-7(14-5(2)12-4)9-13-6(3-10)8(11)15-9/h11H2,1-2H3. The summed E-state index contributed by atoms with van der Waals surface area (Å²) in [7, 11) is 0. The zero-order chi connectivity index (χ0) is 11.0. The lowest BCUT2D eigenvalue weighted by Crippen LogP contribution is -1.84. The third-order valence-electron chi connectivity index (χ3n) is 1.86. The van der Waals surface area contributed by atoms with Crippen molar-refractivity contribution in [1.82, 2.24) is 9.97 Å². The summed E-state index contributed by atoms with van der Waals surface area (Å²) in [6.07, 6.45) is 0. The molecule has 76 valence electrons. The van der Waals surface area contributed by atoms with Crippen molar-refractivity contribution in [3.63, 3.8) is 0 Å². The second-order valence-electron chi connectivity index (χ2n) is 2.99. The average molecular weight is 204 g/mol. The largest absolute Gasteiger partial charge is 0.436 e. The minimum absolute atomic E-state index is 0.0130. The first-order chi connectivity index (χ1) is 7.11. The molecule has 0 aliphatic rings. The molecule has 2 aromatic rings. The second kappa shape index (κ2) is 3.13. The quantitative estimate of drug-likeness (QED) is 0.753. The molecule has 0 spiro atoms. The van der Waals surface area contributed by atoms with Crippen LogP contribution in [0, 0.1) is 25.2 Å². The number of nitriles is 1. The predicted octanol–water partition coefficient (Wildman–Crippen LogP) is 1.40. The Bertz CT molecular complexity index is 547. The minimum atomic E-state index is -0.0130. The van der Waals surface area contributed by atoms with E-state index in [9.17, 15) is 0 Å². The fourth-order valence-electron chi connectivity index (χ4n) is 1.24. The van der Waals surface area contributed by atoms with E-state index in [0.717, 1.165) is 0 Å². The third-order valence-corrected chi connectivity index (χ3v) is 1.86. The molecule has 0 fully saturated rings. The van der Waals surface area contributed by atoms with E-state index in [1.54, 1.807) is 13.8 Å². The summed E-state index contributed by atoms with van der Waals surface area (Å²) in [4.78, 5) is 7.95. The van der Waals surface area contributed by atoms with Gasteiger partial charge < -0.3 is 14.6 Å². The zero-order valence-corrected chi connectivity index (χ0v) is 8.24. The number of aryl methyl sites for hydroxylation is 2. The van der Waals surface area contributed by atoms with Crippen LogP contribution in [0.2, 0.25) is 0 Å². The molecular weight excluding hydrogens is 196 g/mol. The van der Waals surface area contributed by atoms with Gasteiger partial charge in [0.15, 0.2) is 5.89 Å². The molecule has 0 aliphatic carbocycles. The fourth-order valence-corrected chi connectivity index (χ4v) is 1.24. The van der Waals surface area contributed by atoms with Gasteiger partial charge in [-0.2, -0.15) is 10.2 Å². The summed E-state index contributed by atoms with van der Waals surface area (Å²) in [6, 6.07) is 1.82. The summed E-state index contributed by atoms with van der Waals surface area (Å²) in [6.45, 7) is 3.48. The molecule has 0 unspecified atom stereocenters. The summed E-state index contributed by atoms with van der Waals surface area (Å²) in [5.41, 5.74) is 6.14. The molecule has 2 heterocycles. The highest BCUT2D eigenvalue weighted by atomic mass is 16.4. The van der Waals surface area contributed by atoms with Crippen LogP contribution in [0.1, 0.15) is 17.3 Å². The maximum absolute atomic E-state index is 8.65. The van der Waals surface area contributed by atoms with Crippen LogP contribution in [-0.4, -0.2) is 9.97 Å². The Morgan fingerprint density at radius 2 is 2.00 bits per heavy atom. The van der Waals surface area contributed by atoms with Crippen LogP contribution in [-0.2, 0) is 0 Å². The Morgan fingerprint density at radius 3 is 2.47 bits per heavy atom. The van der Waals surface area contributed by atoms with Crippen LogP contribution >= 0.6 is 0 Å². The molecule has 0 aliphatic heterocycles. The molecule has 2 N–H and O–H groups in total. The van der Waals surface area contributed by atoms with Crippen molar-refractivity contribution in [2.24, 2.45) is 0 Å². The first-order valence-corrected chi connectivity index (χ1v) is 4.22. The molecule has 0 bridgehead atoms. The lowest BCUT2D eigenvalue weighted by Gasteiger charge is -1.87. The van der Waals surface area contributed by atoms with Crippen LogP contribution < -0.4 is 5.73 Å². The van der Waals surface area contributed by atoms with E-state index in [1.807, 2.05) is 6.07 Å². The van der Waals surface area contributed by atoms with Crippen molar-refractivity contribution in [3.8, 4) is 17.7 Å². The zero-order valence-electron chi connectivity index (χ0n) is 8.24. The van der Waals surface area contributed by atoms with Crippen LogP contribution in [0.25, 0.3) is 11.7 Å². The Labute approximate surface area is 85.3 Å². The van der Waals surface area contributed by atoms with E-state index in [1.165, 1.54) is 0 Å². The molecule has 15 heavy (non-hydrogen) atoms. The maximum Gasteiger partial charge on any atom is 0.268 e. The highest BCUT2D eigenvalue weighted by Crippen LogP contribution is 2.26. The van der Waals surface area contributed by atoms with Crippen molar-refractivity contribution >= 4 is 5.88 Å². The smallest absolute Gasteiger partial charge is 0.268 e. The summed E-state index contributed by atoms with van der Waals surface area (Å²) >= 11 is 0. The maximum atomic E-state index is 8.65. The SMILES string of the molecule is Cc1nc(C)c(-c2nc(C#N)c(N)o2)o1. The first kappa shape index (κ1) is 9.27. The highest BCUT2D eigenvalue weighted by Gasteiger charge is 2.18. The van der Waals surface area contributed by atoms with E-state index >= 15 is 0 Å². The molecule has 2 rings (SSSR count). The molecule has 6 nitrogen and oxygen atoms in total. The van der Waals surface area contributed by atoms with Gasteiger partial charge in [0.1, 0.15) is 6.07 Å². The summed E-state index contributed by atoms with van der Waals surface area (Å²) < 4.78 is 10.4. The lowest BCUT2D eigenvalue weighted by molar-refractivity contribution is 0.499. The first-order valence-electron chi connectivity index (χ1n) is 4.22. The molecule has 0 atom stereocenters. The number of aromatic nitrogens is 2. The number of nitrogens with two attached hydrogens (primary N) is 1. The van der Waals surface area contributed by atoms with Gasteiger partial charge in [-0.05, 0) is 6.92 Å². The molecule has 6 heteroatoms. The highest BCUT2D eigenvalue weighted by molar-refractivity contribution is 5.54. The van der Waals surface area contributed by atoms with Gasteiger partial charge in [0, 0.05) is 6.92 Å². The molecular formula is C9H8N4O2. The van der Waals surface area contributed by atoms with Crippen LogP contribution in [0.15, 0.2) is 8.83 Å². The van der Waals surface area contributed by atoms with Gasteiger partial charge in [0.2, 0.25) is 17.3 Å². The summed E-state index contributed by atoms with van der Waals surface area (Å²) in [5.74, 6) is 1.08. The van der Waals surface area contributed by atoms with Gasteiger partial charge in [-0.25, -0.2) is 4.98 Å². The van der Waals surface area contributed by atoms with Crippen molar-refractivity contribution < 1.29 is 8.83 Å². The number of nitrogen functional groups attached to an aromatic ring is 1. The number of rotatable bonds is 1. The van der Waals surface area contributed by atoms with Crippen LogP contribution in [0.5, 0.6) is 0 Å². The van der Waals surface area contributed by atoms with Crippen molar-refractivity contribution in [2.75, 3.05) is 5.73 Å². The fraction of sp³-hybridized carbons (Fsp3) is 0.222. The Hall–Kier alpha value is -2.29. The van der Waals surface area contributed by atoms with Crippen LogP contribution in [0.4, 0.5) is 5.88 Å². The third kappa shape index (κ3) is 1.44. The molecule has 2 aromatic heterocycles. The lowest BCUT2D eigenvalue weighted by atomic mass is 10.4. The normalized spacial score (nSPS) is 10.2. The number of oxazole rings is 2. The predicted molar refractivity (Wildman–Crippen MR) is 50.6 cm³/mol. The monoisotopic (exact) mass is 204 g/mol. The van der Waals surface area contributed by atoms with E-state index in [-0.39, 0.29) is 17.5 Å². The Morgan fingerprint density at radius 1 is 1.27 bits per heavy atom. The molecule has 0 amide bonds. The number of hydrogen-bond donors (Lipinski definition) is 1. The van der Waals surface area contributed by atoms with Crippen molar-refractivity contribution in [1.29, 1.82) is 5.26 Å². The molecule has 0 aromatic carbocycles. The topological polar surface area (TPSA) is 102 Å². The average Bonchev–Trinajstić information content (AvgIpc) is 2.69. The van der Waals surface area contributed by atoms with E-state index in [2.05, 4.69) is 9.97 Å². The van der Waals surface area contributed by atoms with Gasteiger partial charge in [-0.3, -0.25) is 0 Å². The number of hydrogen-bond acceptors (Lipinski definition) is 6. The van der Waals surface area contributed by atoms with E-state index in [4.69, 9.17) is 19.8 Å². The van der Waals surface area contributed by atoms with Gasteiger partial charge in [-0.15, -0.1) is 0 Å². The van der Waals surface area contributed by atoms with Crippen LogP contribution in [0.3, 0.4) is 0 Å². The van der Waals surface area contributed by atoms with Crippen molar-refractivity contribution in [3.05, 3.63) is 17.3 Å². The molecule has 0 radical (unpaired) electrons. The van der Waals surface area contributed by atoms with E-state index < -0.39 is 0 Å². The molecule has 0 saturated heterocycles. The second-order valence-corrected chi connectivity index (χ2v) is 2.99. The Kier molecular flexibility index (Phi) is 1.94. The summed E-state index contributed by atoms with van der Waals surface area (Å²) in [5, 5.41) is 8.65. The van der Waals surface area contributed by atoms with Gasteiger partial charge >= 0.3 is 0 Å². The minimum Gasteiger partial charge on any atom is -0.436 e. The number of nitrogens with zero attached hydrogens (tertiary/aromatic N) is 3. The van der Waals surface area contributed by atoms with Crippen molar-refractivity contribution in [2.45, 2.75) is 13.8 Å². The molecule has 0 saturated carbocycles. The Balaban J connectivity index is 2.55. The van der Waals surface area contributed by atoms with E-state index in [0.29, 0.717) is 17.3 Å². The number of anilines is 1. The van der Waals surface area contributed by atoms with Gasteiger partial charge in [-0.1, -0.05) is 0 Å². The van der Waals surface area contributed by atoms with Gasteiger partial charge in [0.25, 0.3) is 5.89 Å². The van der Waals surface area contributed by atoms with Gasteiger partial charge in [0.05, 0.1) is 5.69 Å².